The van der Waals surface area contributed by atoms with Gasteiger partial charge < -0.3 is 10.1 Å². The summed E-state index contributed by atoms with van der Waals surface area (Å²) in [6.45, 7) is 5.29. The fourth-order valence-corrected chi connectivity index (χ4v) is 2.67. The van der Waals surface area contributed by atoms with Crippen LogP contribution in [0.1, 0.15) is 18.9 Å². The molecule has 2 aromatic heterocycles. The van der Waals surface area contributed by atoms with Crippen LogP contribution in [0.5, 0.6) is 0 Å². The molecule has 0 atom stereocenters. The highest BCUT2D eigenvalue weighted by molar-refractivity contribution is 5.62. The lowest BCUT2D eigenvalue weighted by atomic mass is 10.1. The molecule has 0 amide bonds. The molecule has 0 bridgehead atoms. The molecule has 0 saturated carbocycles. The molecule has 0 unspecified atom stereocenters. The predicted molar refractivity (Wildman–Crippen MR) is 99.6 cm³/mol. The smallest absolute Gasteiger partial charge is 0.0973 e. The van der Waals surface area contributed by atoms with Gasteiger partial charge in [0.25, 0.3) is 0 Å². The predicted octanol–water partition coefficient (Wildman–Crippen LogP) is 3.45. The van der Waals surface area contributed by atoms with Crippen LogP contribution >= 0.6 is 0 Å². The van der Waals surface area contributed by atoms with E-state index in [1.807, 2.05) is 41.9 Å². The van der Waals surface area contributed by atoms with Crippen LogP contribution in [0.4, 0.5) is 0 Å². The molecule has 3 rings (SSSR count). The van der Waals surface area contributed by atoms with Gasteiger partial charge in [0.15, 0.2) is 0 Å². The maximum absolute atomic E-state index is 5.38. The van der Waals surface area contributed by atoms with E-state index < -0.39 is 0 Å². The third kappa shape index (κ3) is 4.75. The normalized spacial score (nSPS) is 10.9. The van der Waals surface area contributed by atoms with Gasteiger partial charge in [-0.3, -0.25) is 4.98 Å². The highest BCUT2D eigenvalue weighted by Crippen LogP contribution is 2.23. The average Bonchev–Trinajstić information content (AvgIpc) is 3.10. The second-order valence-corrected chi connectivity index (χ2v) is 5.75. The number of rotatable bonds is 9. The van der Waals surface area contributed by atoms with Gasteiger partial charge in [-0.2, -0.15) is 5.10 Å². The number of para-hydroxylation sites is 1. The summed E-state index contributed by atoms with van der Waals surface area (Å²) < 4.78 is 7.31. The van der Waals surface area contributed by atoms with E-state index in [0.29, 0.717) is 0 Å². The van der Waals surface area contributed by atoms with Gasteiger partial charge in [0, 0.05) is 49.5 Å². The Morgan fingerprint density at radius 1 is 1.08 bits per heavy atom. The minimum atomic E-state index is 0.774. The molecule has 25 heavy (non-hydrogen) atoms. The zero-order valence-electron chi connectivity index (χ0n) is 14.6. The van der Waals surface area contributed by atoms with Gasteiger partial charge in [0.2, 0.25) is 0 Å². The molecule has 0 aliphatic rings. The van der Waals surface area contributed by atoms with E-state index in [-0.39, 0.29) is 0 Å². The maximum Gasteiger partial charge on any atom is 0.0973 e. The monoisotopic (exact) mass is 336 g/mol. The van der Waals surface area contributed by atoms with Crippen molar-refractivity contribution in [2.24, 2.45) is 0 Å². The summed E-state index contributed by atoms with van der Waals surface area (Å²) >= 11 is 0. The fourth-order valence-electron chi connectivity index (χ4n) is 2.67. The van der Waals surface area contributed by atoms with Crippen molar-refractivity contribution in [3.63, 3.8) is 0 Å². The van der Waals surface area contributed by atoms with E-state index in [9.17, 15) is 0 Å². The number of nitrogens with one attached hydrogen (secondary N) is 1. The van der Waals surface area contributed by atoms with Crippen molar-refractivity contribution in [3.05, 3.63) is 66.6 Å². The molecule has 3 aromatic rings. The Morgan fingerprint density at radius 3 is 2.64 bits per heavy atom. The first kappa shape index (κ1) is 17.3. The Hall–Kier alpha value is -2.50. The SMILES string of the molecule is CCOCCCNCc1cn(-c2ccccc2)nc1-c1ccncc1. The number of pyridine rings is 1. The summed E-state index contributed by atoms with van der Waals surface area (Å²) in [7, 11) is 0. The fraction of sp³-hybridized carbons (Fsp3) is 0.300. The lowest BCUT2D eigenvalue weighted by Gasteiger charge is -2.05. The number of benzene rings is 1. The van der Waals surface area contributed by atoms with Crippen LogP contribution in [-0.4, -0.2) is 34.5 Å². The van der Waals surface area contributed by atoms with E-state index in [0.717, 1.165) is 49.7 Å². The van der Waals surface area contributed by atoms with Gasteiger partial charge in [0.05, 0.1) is 11.4 Å². The van der Waals surface area contributed by atoms with Crippen LogP contribution in [0.2, 0.25) is 0 Å². The molecule has 5 heteroatoms. The van der Waals surface area contributed by atoms with Crippen molar-refractivity contribution in [3.8, 4) is 16.9 Å². The summed E-state index contributed by atoms with van der Waals surface area (Å²) in [4.78, 5) is 4.11. The molecule has 0 saturated heterocycles. The maximum atomic E-state index is 5.38. The number of aromatic nitrogens is 3. The molecule has 130 valence electrons. The highest BCUT2D eigenvalue weighted by Gasteiger charge is 2.11. The molecule has 1 N–H and O–H groups in total. The van der Waals surface area contributed by atoms with Crippen molar-refractivity contribution in [2.45, 2.75) is 19.9 Å². The van der Waals surface area contributed by atoms with E-state index >= 15 is 0 Å². The zero-order chi connectivity index (χ0) is 17.3. The Bertz CT molecular complexity index is 756. The van der Waals surface area contributed by atoms with Crippen LogP contribution in [0.25, 0.3) is 16.9 Å². The molecule has 2 heterocycles. The number of hydrogen-bond donors (Lipinski definition) is 1. The first-order valence-electron chi connectivity index (χ1n) is 8.71. The lowest BCUT2D eigenvalue weighted by Crippen LogP contribution is -2.16. The highest BCUT2D eigenvalue weighted by atomic mass is 16.5. The van der Waals surface area contributed by atoms with E-state index in [2.05, 4.69) is 28.6 Å². The van der Waals surface area contributed by atoms with E-state index in [1.165, 1.54) is 5.56 Å². The third-order valence-corrected chi connectivity index (χ3v) is 3.93. The Morgan fingerprint density at radius 2 is 1.88 bits per heavy atom. The summed E-state index contributed by atoms with van der Waals surface area (Å²) in [5, 5.41) is 8.29. The average molecular weight is 336 g/mol. The minimum Gasteiger partial charge on any atom is -0.382 e. The molecule has 0 radical (unpaired) electrons. The quantitative estimate of drug-likeness (QED) is 0.608. The van der Waals surface area contributed by atoms with Crippen molar-refractivity contribution >= 4 is 0 Å². The largest absolute Gasteiger partial charge is 0.382 e. The lowest BCUT2D eigenvalue weighted by molar-refractivity contribution is 0.144. The minimum absolute atomic E-state index is 0.774. The molecule has 5 nitrogen and oxygen atoms in total. The first-order valence-corrected chi connectivity index (χ1v) is 8.71. The van der Waals surface area contributed by atoms with Crippen LogP contribution in [0.3, 0.4) is 0 Å². The molecule has 0 spiro atoms. The summed E-state index contributed by atoms with van der Waals surface area (Å²) in [6.07, 6.45) is 6.71. The van der Waals surface area contributed by atoms with Crippen molar-refractivity contribution in [1.82, 2.24) is 20.1 Å². The van der Waals surface area contributed by atoms with Crippen molar-refractivity contribution in [2.75, 3.05) is 19.8 Å². The van der Waals surface area contributed by atoms with E-state index in [4.69, 9.17) is 9.84 Å². The van der Waals surface area contributed by atoms with Crippen molar-refractivity contribution in [1.29, 1.82) is 0 Å². The van der Waals surface area contributed by atoms with Gasteiger partial charge in [0.1, 0.15) is 0 Å². The summed E-state index contributed by atoms with van der Waals surface area (Å²) in [5.41, 5.74) is 4.30. The molecule has 0 aliphatic carbocycles. The third-order valence-electron chi connectivity index (χ3n) is 3.93. The molecule has 0 fully saturated rings. The number of ether oxygens (including phenoxy) is 1. The van der Waals surface area contributed by atoms with Crippen LogP contribution < -0.4 is 5.32 Å². The first-order chi connectivity index (χ1) is 12.4. The van der Waals surface area contributed by atoms with Crippen LogP contribution in [0, 0.1) is 0 Å². The van der Waals surface area contributed by atoms with Gasteiger partial charge >= 0.3 is 0 Å². The molecule has 1 aromatic carbocycles. The second kappa shape index (κ2) is 9.11. The number of hydrogen-bond acceptors (Lipinski definition) is 4. The standard InChI is InChI=1S/C20H24N4O/c1-2-25-14-6-11-22-15-18-16-24(19-7-4-3-5-8-19)23-20(18)17-9-12-21-13-10-17/h3-5,7-10,12-13,16,22H,2,6,11,14-15H2,1H3. The number of nitrogens with zero attached hydrogens (tertiary/aromatic N) is 3. The second-order valence-electron chi connectivity index (χ2n) is 5.75. The van der Waals surface area contributed by atoms with Crippen LogP contribution in [0.15, 0.2) is 61.1 Å². The van der Waals surface area contributed by atoms with Gasteiger partial charge in [-0.25, -0.2) is 4.68 Å². The van der Waals surface area contributed by atoms with Gasteiger partial charge in [-0.15, -0.1) is 0 Å². The molecule has 0 aliphatic heterocycles. The van der Waals surface area contributed by atoms with Crippen LogP contribution in [-0.2, 0) is 11.3 Å². The summed E-state index contributed by atoms with van der Waals surface area (Å²) in [6, 6.07) is 14.2. The van der Waals surface area contributed by atoms with E-state index in [1.54, 1.807) is 12.4 Å². The topological polar surface area (TPSA) is 52.0 Å². The Kier molecular flexibility index (Phi) is 6.31. The zero-order valence-corrected chi connectivity index (χ0v) is 14.6. The molecular formula is C20H24N4O. The van der Waals surface area contributed by atoms with Gasteiger partial charge in [-0.05, 0) is 44.2 Å². The van der Waals surface area contributed by atoms with Crippen molar-refractivity contribution < 1.29 is 4.74 Å². The van der Waals surface area contributed by atoms with Gasteiger partial charge in [-0.1, -0.05) is 18.2 Å². The Labute approximate surface area is 148 Å². The molecular weight excluding hydrogens is 312 g/mol. The Balaban J connectivity index is 1.76. The summed E-state index contributed by atoms with van der Waals surface area (Å²) in [5.74, 6) is 0.